The first-order chi connectivity index (χ1) is 8.58. The number of para-hydroxylation sites is 1. The van der Waals surface area contributed by atoms with Crippen LogP contribution in [0.25, 0.3) is 0 Å². The van der Waals surface area contributed by atoms with Crippen LogP contribution in [0.1, 0.15) is 36.4 Å². The van der Waals surface area contributed by atoms with Gasteiger partial charge >= 0.3 is 0 Å². The van der Waals surface area contributed by atoms with Crippen molar-refractivity contribution in [2.45, 2.75) is 26.0 Å². The van der Waals surface area contributed by atoms with Gasteiger partial charge in [-0.1, -0.05) is 18.2 Å². The third kappa shape index (κ3) is 3.13. The monoisotopic (exact) mass is 325 g/mol. The van der Waals surface area contributed by atoms with Gasteiger partial charge in [0.05, 0.1) is 15.9 Å². The van der Waals surface area contributed by atoms with E-state index in [-0.39, 0.29) is 6.04 Å². The maximum Gasteiger partial charge on any atom is 0.0781 e. The topological polar surface area (TPSA) is 32.3 Å². The Hall–Kier alpha value is -0.840. The Balaban J connectivity index is 2.19. The quantitative estimate of drug-likeness (QED) is 0.851. The molecule has 1 heterocycles. The van der Waals surface area contributed by atoms with E-state index in [0.29, 0.717) is 0 Å². The number of benzene rings is 1. The molecule has 0 saturated carbocycles. The van der Waals surface area contributed by atoms with Gasteiger partial charge in [-0.05, 0) is 48.0 Å². The molecular weight excluding hydrogens is 310 g/mol. The van der Waals surface area contributed by atoms with E-state index in [0.717, 1.165) is 15.0 Å². The summed E-state index contributed by atoms with van der Waals surface area (Å²) in [6, 6.07) is 12.3. The van der Waals surface area contributed by atoms with Crippen LogP contribution in [-0.2, 0) is 0 Å². The number of rotatable bonds is 4. The molecule has 0 saturated heterocycles. The molecule has 0 amide bonds. The molecule has 18 heavy (non-hydrogen) atoms. The van der Waals surface area contributed by atoms with E-state index in [9.17, 15) is 5.11 Å². The molecule has 2 N–H and O–H groups in total. The molecule has 96 valence electrons. The maximum absolute atomic E-state index is 9.75. The smallest absolute Gasteiger partial charge is 0.0781 e. The van der Waals surface area contributed by atoms with Crippen molar-refractivity contribution in [1.82, 2.24) is 0 Å². The van der Waals surface area contributed by atoms with Crippen LogP contribution in [0.2, 0.25) is 0 Å². The number of nitrogens with one attached hydrogen (secondary N) is 1. The highest BCUT2D eigenvalue weighted by Gasteiger charge is 2.12. The Labute approximate surface area is 120 Å². The summed E-state index contributed by atoms with van der Waals surface area (Å²) >= 11 is 5.20. The van der Waals surface area contributed by atoms with E-state index in [1.165, 1.54) is 4.88 Å². The molecular formula is C14H16BrNOS. The van der Waals surface area contributed by atoms with Gasteiger partial charge in [0.25, 0.3) is 0 Å². The molecule has 0 fully saturated rings. The number of aliphatic hydroxyl groups is 1. The van der Waals surface area contributed by atoms with Gasteiger partial charge in [0.2, 0.25) is 0 Å². The summed E-state index contributed by atoms with van der Waals surface area (Å²) in [7, 11) is 0. The lowest BCUT2D eigenvalue weighted by Gasteiger charge is -2.18. The second kappa shape index (κ2) is 5.87. The van der Waals surface area contributed by atoms with E-state index >= 15 is 0 Å². The zero-order chi connectivity index (χ0) is 13.1. The summed E-state index contributed by atoms with van der Waals surface area (Å²) < 4.78 is 1.13. The average molecular weight is 326 g/mol. The van der Waals surface area contributed by atoms with Crippen molar-refractivity contribution in [3.05, 3.63) is 50.6 Å². The number of hydrogen-bond donors (Lipinski definition) is 2. The zero-order valence-corrected chi connectivity index (χ0v) is 12.8. The highest BCUT2D eigenvalue weighted by Crippen LogP contribution is 2.31. The molecule has 2 rings (SSSR count). The van der Waals surface area contributed by atoms with Gasteiger partial charge in [0.1, 0.15) is 0 Å². The Morgan fingerprint density at radius 2 is 1.89 bits per heavy atom. The zero-order valence-electron chi connectivity index (χ0n) is 10.4. The molecule has 1 aromatic carbocycles. The van der Waals surface area contributed by atoms with Crippen LogP contribution < -0.4 is 5.32 Å². The van der Waals surface area contributed by atoms with Gasteiger partial charge in [0.15, 0.2) is 0 Å². The minimum atomic E-state index is -0.462. The number of halogens is 1. The van der Waals surface area contributed by atoms with Crippen molar-refractivity contribution in [2.75, 3.05) is 5.32 Å². The van der Waals surface area contributed by atoms with Gasteiger partial charge in [-0.25, -0.2) is 0 Å². The Kier molecular flexibility index (Phi) is 4.43. The van der Waals surface area contributed by atoms with Crippen LogP contribution in [0.3, 0.4) is 0 Å². The van der Waals surface area contributed by atoms with Crippen molar-refractivity contribution >= 4 is 33.0 Å². The lowest BCUT2D eigenvalue weighted by atomic mass is 10.1. The first-order valence-electron chi connectivity index (χ1n) is 5.86. The molecule has 2 aromatic rings. The average Bonchev–Trinajstić information content (AvgIpc) is 2.76. The number of hydrogen-bond acceptors (Lipinski definition) is 3. The van der Waals surface area contributed by atoms with E-state index in [4.69, 9.17) is 0 Å². The van der Waals surface area contributed by atoms with E-state index in [2.05, 4.69) is 40.3 Å². The van der Waals surface area contributed by atoms with Crippen molar-refractivity contribution in [3.8, 4) is 0 Å². The Morgan fingerprint density at radius 1 is 1.17 bits per heavy atom. The fourth-order valence-corrected chi connectivity index (χ4v) is 3.28. The van der Waals surface area contributed by atoms with Crippen molar-refractivity contribution in [2.24, 2.45) is 0 Å². The summed E-state index contributed by atoms with van der Waals surface area (Å²) in [6.45, 7) is 3.91. The highest BCUT2D eigenvalue weighted by atomic mass is 79.9. The van der Waals surface area contributed by atoms with Crippen LogP contribution in [0, 0.1) is 0 Å². The normalized spacial score (nSPS) is 14.2. The number of aliphatic hydroxyl groups excluding tert-OH is 1. The standard InChI is InChI=1S/C14H16BrNOS/c1-9(13-7-8-14(15)18-13)16-12-6-4-3-5-11(12)10(2)17/h3-10,16-17H,1-2H3. The Bertz CT molecular complexity index is 524. The van der Waals surface area contributed by atoms with Crippen LogP contribution in [0.15, 0.2) is 40.2 Å². The fraction of sp³-hybridized carbons (Fsp3) is 0.286. The van der Waals surface area contributed by atoms with Crippen LogP contribution >= 0.6 is 27.3 Å². The SMILES string of the molecule is CC(O)c1ccccc1NC(C)c1ccc(Br)s1. The lowest BCUT2D eigenvalue weighted by Crippen LogP contribution is -2.08. The molecule has 2 nitrogen and oxygen atoms in total. The third-order valence-corrected chi connectivity index (χ3v) is 4.61. The van der Waals surface area contributed by atoms with Crippen molar-refractivity contribution in [3.63, 3.8) is 0 Å². The Morgan fingerprint density at radius 3 is 2.50 bits per heavy atom. The summed E-state index contributed by atoms with van der Waals surface area (Å²) in [5.41, 5.74) is 1.92. The van der Waals surface area contributed by atoms with E-state index < -0.39 is 6.10 Å². The first-order valence-corrected chi connectivity index (χ1v) is 7.47. The molecule has 4 heteroatoms. The summed E-state index contributed by atoms with van der Waals surface area (Å²) in [5.74, 6) is 0. The molecule has 0 aliphatic heterocycles. The van der Waals surface area contributed by atoms with Gasteiger partial charge in [0, 0.05) is 16.1 Å². The van der Waals surface area contributed by atoms with Crippen LogP contribution in [0.5, 0.6) is 0 Å². The minimum absolute atomic E-state index is 0.223. The first kappa shape index (κ1) is 13.6. The van der Waals surface area contributed by atoms with Crippen molar-refractivity contribution < 1.29 is 5.11 Å². The molecule has 0 aliphatic carbocycles. The second-order valence-corrected chi connectivity index (χ2v) is 6.77. The van der Waals surface area contributed by atoms with Gasteiger partial charge < -0.3 is 10.4 Å². The number of thiophene rings is 1. The molecule has 0 bridgehead atoms. The highest BCUT2D eigenvalue weighted by molar-refractivity contribution is 9.11. The summed E-state index contributed by atoms with van der Waals surface area (Å²) in [5, 5.41) is 13.2. The molecule has 1 aromatic heterocycles. The molecule has 0 radical (unpaired) electrons. The number of anilines is 1. The molecule has 0 spiro atoms. The predicted molar refractivity (Wildman–Crippen MR) is 81.1 cm³/mol. The minimum Gasteiger partial charge on any atom is -0.389 e. The molecule has 2 atom stereocenters. The van der Waals surface area contributed by atoms with Crippen LogP contribution in [-0.4, -0.2) is 5.11 Å². The maximum atomic E-state index is 9.75. The van der Waals surface area contributed by atoms with Gasteiger partial charge in [-0.3, -0.25) is 0 Å². The van der Waals surface area contributed by atoms with E-state index in [1.54, 1.807) is 18.3 Å². The van der Waals surface area contributed by atoms with Crippen LogP contribution in [0.4, 0.5) is 5.69 Å². The van der Waals surface area contributed by atoms with Gasteiger partial charge in [-0.15, -0.1) is 11.3 Å². The summed E-state index contributed by atoms with van der Waals surface area (Å²) in [4.78, 5) is 1.27. The molecule has 0 aliphatic rings. The van der Waals surface area contributed by atoms with Crippen molar-refractivity contribution in [1.29, 1.82) is 0 Å². The third-order valence-electron chi connectivity index (χ3n) is 2.80. The molecule has 2 unspecified atom stereocenters. The predicted octanol–water partition coefficient (Wildman–Crippen LogP) is 4.74. The lowest BCUT2D eigenvalue weighted by molar-refractivity contribution is 0.200. The summed E-state index contributed by atoms with van der Waals surface area (Å²) in [6.07, 6.45) is -0.462. The fourth-order valence-electron chi connectivity index (χ4n) is 1.86. The van der Waals surface area contributed by atoms with E-state index in [1.807, 2.05) is 24.3 Å². The second-order valence-electron chi connectivity index (χ2n) is 4.27. The largest absolute Gasteiger partial charge is 0.389 e. The van der Waals surface area contributed by atoms with Gasteiger partial charge in [-0.2, -0.15) is 0 Å².